The molecule has 1 saturated heterocycles. The van der Waals surface area contributed by atoms with Crippen molar-refractivity contribution in [2.75, 3.05) is 39.9 Å². The highest BCUT2D eigenvalue weighted by molar-refractivity contribution is 5.89. The highest BCUT2D eigenvalue weighted by atomic mass is 16.5. The Morgan fingerprint density at radius 3 is 3.06 bits per heavy atom. The molecule has 0 aromatic carbocycles. The summed E-state index contributed by atoms with van der Waals surface area (Å²) in [5, 5.41) is 2.70. The molecule has 1 aliphatic heterocycles. The van der Waals surface area contributed by atoms with E-state index in [1.54, 1.807) is 12.0 Å². The zero-order chi connectivity index (χ0) is 12.0. The lowest BCUT2D eigenvalue weighted by Gasteiger charge is -2.15. The number of methoxy groups -OCH3 is 1. The number of rotatable bonds is 6. The number of nitrogens with zero attached hydrogens (tertiary/aromatic N) is 1. The summed E-state index contributed by atoms with van der Waals surface area (Å²) in [5.41, 5.74) is 5.29. The largest absolute Gasteiger partial charge is 0.383 e. The summed E-state index contributed by atoms with van der Waals surface area (Å²) >= 11 is 0. The van der Waals surface area contributed by atoms with Crippen LogP contribution in [0.5, 0.6) is 0 Å². The molecule has 1 heterocycles. The molecular formula is C10H19N3O3. The van der Waals surface area contributed by atoms with Crippen LogP contribution >= 0.6 is 0 Å². The van der Waals surface area contributed by atoms with Gasteiger partial charge < -0.3 is 20.7 Å². The van der Waals surface area contributed by atoms with Gasteiger partial charge in [0.25, 0.3) is 0 Å². The Bertz CT molecular complexity index is 258. The van der Waals surface area contributed by atoms with Crippen LogP contribution in [0.25, 0.3) is 0 Å². The minimum Gasteiger partial charge on any atom is -0.383 e. The van der Waals surface area contributed by atoms with Gasteiger partial charge >= 0.3 is 0 Å². The first-order valence-corrected chi connectivity index (χ1v) is 5.43. The monoisotopic (exact) mass is 229 g/mol. The molecule has 0 aromatic rings. The minimum absolute atomic E-state index is 0.0185. The van der Waals surface area contributed by atoms with Gasteiger partial charge in [-0.3, -0.25) is 9.59 Å². The Balaban J connectivity index is 2.36. The molecule has 0 spiro atoms. The number of nitrogens with one attached hydrogen (secondary N) is 1. The molecule has 1 fully saturated rings. The molecule has 1 atom stereocenters. The maximum Gasteiger partial charge on any atom is 0.225 e. The number of carbonyl (C=O) groups is 2. The Labute approximate surface area is 95.1 Å². The third-order valence-corrected chi connectivity index (χ3v) is 2.59. The topological polar surface area (TPSA) is 84.7 Å². The Morgan fingerprint density at radius 2 is 2.44 bits per heavy atom. The van der Waals surface area contributed by atoms with Gasteiger partial charge in [0.05, 0.1) is 12.5 Å². The lowest BCUT2D eigenvalue weighted by atomic mass is 10.1. The maximum atomic E-state index is 11.6. The second-order valence-corrected chi connectivity index (χ2v) is 3.81. The third kappa shape index (κ3) is 3.46. The molecule has 0 saturated carbocycles. The molecule has 2 amide bonds. The van der Waals surface area contributed by atoms with E-state index in [9.17, 15) is 9.59 Å². The first kappa shape index (κ1) is 12.9. The van der Waals surface area contributed by atoms with Gasteiger partial charge in [0.2, 0.25) is 11.8 Å². The number of hydrogen-bond donors (Lipinski definition) is 2. The normalized spacial score (nSPS) is 20.2. The summed E-state index contributed by atoms with van der Waals surface area (Å²) in [6, 6.07) is 0. The lowest BCUT2D eigenvalue weighted by Crippen LogP contribution is -2.36. The van der Waals surface area contributed by atoms with Crippen LogP contribution in [-0.4, -0.2) is 56.6 Å². The van der Waals surface area contributed by atoms with Gasteiger partial charge in [0.15, 0.2) is 0 Å². The van der Waals surface area contributed by atoms with E-state index in [-0.39, 0.29) is 17.7 Å². The van der Waals surface area contributed by atoms with Crippen molar-refractivity contribution in [3.05, 3.63) is 0 Å². The quantitative estimate of drug-likeness (QED) is 0.584. The van der Waals surface area contributed by atoms with Gasteiger partial charge in [-0.2, -0.15) is 0 Å². The molecule has 0 aromatic heterocycles. The zero-order valence-corrected chi connectivity index (χ0v) is 9.57. The third-order valence-electron chi connectivity index (χ3n) is 2.59. The van der Waals surface area contributed by atoms with E-state index in [1.807, 2.05) is 0 Å². The summed E-state index contributed by atoms with van der Waals surface area (Å²) in [7, 11) is 1.59. The second-order valence-electron chi connectivity index (χ2n) is 3.81. The number of nitrogens with two attached hydrogens (primary N) is 1. The van der Waals surface area contributed by atoms with Crippen LogP contribution in [0, 0.1) is 5.92 Å². The van der Waals surface area contributed by atoms with Crippen LogP contribution in [0.1, 0.15) is 6.42 Å². The molecule has 16 heavy (non-hydrogen) atoms. The molecule has 6 heteroatoms. The van der Waals surface area contributed by atoms with E-state index in [1.165, 1.54) is 0 Å². The summed E-state index contributed by atoms with van der Waals surface area (Å²) in [4.78, 5) is 24.8. The maximum absolute atomic E-state index is 11.6. The predicted octanol–water partition coefficient (Wildman–Crippen LogP) is -1.44. The Hall–Kier alpha value is -1.14. The standard InChI is InChI=1S/C10H19N3O3/c1-16-5-4-13-7-8(6-9(13)14)10(15)12-3-2-11/h8H,2-7,11H2,1H3,(H,12,15). The highest BCUT2D eigenvalue weighted by Gasteiger charge is 2.33. The number of carbonyl (C=O) groups excluding carboxylic acids is 2. The predicted molar refractivity (Wildman–Crippen MR) is 58.6 cm³/mol. The average Bonchev–Trinajstić information content (AvgIpc) is 2.65. The van der Waals surface area contributed by atoms with E-state index in [2.05, 4.69) is 5.32 Å². The van der Waals surface area contributed by atoms with E-state index < -0.39 is 0 Å². The molecule has 92 valence electrons. The molecule has 0 aliphatic carbocycles. The van der Waals surface area contributed by atoms with Gasteiger partial charge in [0.1, 0.15) is 0 Å². The van der Waals surface area contributed by atoms with Crippen LogP contribution in [0.15, 0.2) is 0 Å². The number of amides is 2. The molecule has 0 radical (unpaired) electrons. The van der Waals surface area contributed by atoms with Crippen molar-refractivity contribution in [2.24, 2.45) is 11.7 Å². The Morgan fingerprint density at radius 1 is 1.69 bits per heavy atom. The van der Waals surface area contributed by atoms with Crippen LogP contribution in [0.2, 0.25) is 0 Å². The molecule has 3 N–H and O–H groups in total. The molecular weight excluding hydrogens is 210 g/mol. The summed E-state index contributed by atoms with van der Waals surface area (Å²) in [6.45, 7) is 2.42. The molecule has 1 aliphatic rings. The summed E-state index contributed by atoms with van der Waals surface area (Å²) in [5.74, 6) is -0.306. The summed E-state index contributed by atoms with van der Waals surface area (Å²) in [6.07, 6.45) is 0.292. The van der Waals surface area contributed by atoms with Crippen LogP contribution in [-0.2, 0) is 14.3 Å². The fraction of sp³-hybridized carbons (Fsp3) is 0.800. The van der Waals surface area contributed by atoms with Crippen molar-refractivity contribution in [3.8, 4) is 0 Å². The van der Waals surface area contributed by atoms with Crippen molar-refractivity contribution >= 4 is 11.8 Å². The van der Waals surface area contributed by atoms with Crippen LogP contribution in [0.3, 0.4) is 0 Å². The molecule has 0 bridgehead atoms. The van der Waals surface area contributed by atoms with E-state index in [4.69, 9.17) is 10.5 Å². The van der Waals surface area contributed by atoms with Crippen molar-refractivity contribution in [2.45, 2.75) is 6.42 Å². The zero-order valence-electron chi connectivity index (χ0n) is 9.57. The van der Waals surface area contributed by atoms with Crippen molar-refractivity contribution < 1.29 is 14.3 Å². The SMILES string of the molecule is COCCN1CC(C(=O)NCCN)CC1=O. The van der Waals surface area contributed by atoms with E-state index in [0.29, 0.717) is 39.2 Å². The lowest BCUT2D eigenvalue weighted by molar-refractivity contribution is -0.129. The van der Waals surface area contributed by atoms with Crippen LogP contribution < -0.4 is 11.1 Å². The van der Waals surface area contributed by atoms with Gasteiger partial charge in [-0.1, -0.05) is 0 Å². The van der Waals surface area contributed by atoms with Gasteiger partial charge in [-0.15, -0.1) is 0 Å². The van der Waals surface area contributed by atoms with Crippen molar-refractivity contribution in [1.29, 1.82) is 0 Å². The van der Waals surface area contributed by atoms with Gasteiger partial charge in [-0.05, 0) is 0 Å². The molecule has 1 rings (SSSR count). The molecule has 6 nitrogen and oxygen atoms in total. The van der Waals surface area contributed by atoms with Gasteiger partial charge in [-0.25, -0.2) is 0 Å². The van der Waals surface area contributed by atoms with E-state index in [0.717, 1.165) is 0 Å². The second kappa shape index (κ2) is 6.44. The minimum atomic E-state index is -0.240. The number of ether oxygens (including phenoxy) is 1. The molecule has 1 unspecified atom stereocenters. The average molecular weight is 229 g/mol. The first-order chi connectivity index (χ1) is 7.69. The van der Waals surface area contributed by atoms with Gasteiger partial charge in [0, 0.05) is 39.7 Å². The summed E-state index contributed by atoms with van der Waals surface area (Å²) < 4.78 is 4.90. The highest BCUT2D eigenvalue weighted by Crippen LogP contribution is 2.17. The van der Waals surface area contributed by atoms with Crippen molar-refractivity contribution in [3.63, 3.8) is 0 Å². The van der Waals surface area contributed by atoms with E-state index >= 15 is 0 Å². The fourth-order valence-electron chi connectivity index (χ4n) is 1.71. The fourth-order valence-corrected chi connectivity index (χ4v) is 1.71. The first-order valence-electron chi connectivity index (χ1n) is 5.43. The number of likely N-dealkylation sites (tertiary alicyclic amines) is 1. The van der Waals surface area contributed by atoms with Crippen LogP contribution in [0.4, 0.5) is 0 Å². The Kier molecular flexibility index (Phi) is 5.21. The van der Waals surface area contributed by atoms with Crippen molar-refractivity contribution in [1.82, 2.24) is 10.2 Å². The number of hydrogen-bond acceptors (Lipinski definition) is 4. The smallest absolute Gasteiger partial charge is 0.225 e.